The molecular weight excluding hydrogens is 274 g/mol. The highest BCUT2D eigenvalue weighted by atomic mass is 32.1. The fraction of sp³-hybridized carbons (Fsp3) is 0.200. The molecule has 1 amide bonds. The number of nitrogens with one attached hydrogen (secondary N) is 1. The molecule has 102 valence electrons. The Morgan fingerprint density at radius 3 is 2.90 bits per heavy atom. The zero-order valence-corrected chi connectivity index (χ0v) is 11.7. The second kappa shape index (κ2) is 4.54. The van der Waals surface area contributed by atoms with Crippen LogP contribution in [0.1, 0.15) is 27.2 Å². The standard InChI is InChI=1S/C15H13NO3S/c1-9-4-5-10-11(7-9)16-14(18)15(10,19)8-12(17)13-3-2-6-20-13/h2-7,19H,8H2,1H3,(H,16,18)/t15-/m0/s1. The largest absolute Gasteiger partial charge is 0.375 e. The van der Waals surface area contributed by atoms with Crippen molar-refractivity contribution in [1.29, 1.82) is 0 Å². The number of Topliss-reactive ketones (excluding diaryl/α,β-unsaturated/α-hetero) is 1. The van der Waals surface area contributed by atoms with Crippen molar-refractivity contribution in [1.82, 2.24) is 0 Å². The molecular formula is C15H13NO3S. The van der Waals surface area contributed by atoms with Gasteiger partial charge in [-0.1, -0.05) is 18.2 Å². The maximum atomic E-state index is 12.2. The Kier molecular flexibility index (Phi) is 2.96. The minimum Gasteiger partial charge on any atom is -0.375 e. The van der Waals surface area contributed by atoms with E-state index < -0.39 is 11.5 Å². The zero-order valence-electron chi connectivity index (χ0n) is 10.8. The molecule has 1 aliphatic rings. The van der Waals surface area contributed by atoms with Crippen molar-refractivity contribution in [3.05, 3.63) is 51.7 Å². The summed E-state index contributed by atoms with van der Waals surface area (Å²) in [5, 5.41) is 15.1. The van der Waals surface area contributed by atoms with Gasteiger partial charge in [-0.05, 0) is 30.0 Å². The third-order valence-corrected chi connectivity index (χ3v) is 4.37. The second-order valence-electron chi connectivity index (χ2n) is 4.94. The summed E-state index contributed by atoms with van der Waals surface area (Å²) in [6.07, 6.45) is -0.241. The molecule has 2 N–H and O–H groups in total. The predicted molar refractivity (Wildman–Crippen MR) is 77.0 cm³/mol. The number of carbonyl (C=O) groups excluding carboxylic acids is 2. The highest BCUT2D eigenvalue weighted by molar-refractivity contribution is 7.12. The molecule has 1 aromatic carbocycles. The van der Waals surface area contributed by atoms with Gasteiger partial charge in [0.2, 0.25) is 0 Å². The highest BCUT2D eigenvalue weighted by Gasteiger charge is 2.46. The highest BCUT2D eigenvalue weighted by Crippen LogP contribution is 2.39. The average Bonchev–Trinajstić information content (AvgIpc) is 2.98. The van der Waals surface area contributed by atoms with E-state index in [0.717, 1.165) is 5.56 Å². The van der Waals surface area contributed by atoms with E-state index in [4.69, 9.17) is 0 Å². The fourth-order valence-electron chi connectivity index (χ4n) is 2.40. The van der Waals surface area contributed by atoms with E-state index in [1.165, 1.54) is 11.3 Å². The number of aryl methyl sites for hydroxylation is 1. The Morgan fingerprint density at radius 2 is 2.20 bits per heavy atom. The lowest BCUT2D eigenvalue weighted by Gasteiger charge is -2.19. The topological polar surface area (TPSA) is 66.4 Å². The zero-order chi connectivity index (χ0) is 14.3. The summed E-state index contributed by atoms with van der Waals surface area (Å²) in [6, 6.07) is 8.78. The molecule has 2 aromatic rings. The number of benzene rings is 1. The lowest BCUT2D eigenvalue weighted by atomic mass is 9.89. The lowest BCUT2D eigenvalue weighted by molar-refractivity contribution is -0.133. The summed E-state index contributed by atoms with van der Waals surface area (Å²) in [6.45, 7) is 1.90. The van der Waals surface area contributed by atoms with Gasteiger partial charge in [-0.2, -0.15) is 0 Å². The molecule has 4 nitrogen and oxygen atoms in total. The van der Waals surface area contributed by atoms with Gasteiger partial charge in [-0.25, -0.2) is 0 Å². The molecule has 1 aliphatic heterocycles. The molecule has 2 heterocycles. The van der Waals surface area contributed by atoms with Gasteiger partial charge < -0.3 is 10.4 Å². The van der Waals surface area contributed by atoms with Gasteiger partial charge in [-0.15, -0.1) is 11.3 Å². The first-order valence-corrected chi connectivity index (χ1v) is 7.10. The number of aliphatic hydroxyl groups is 1. The molecule has 0 bridgehead atoms. The normalized spacial score (nSPS) is 20.6. The van der Waals surface area contributed by atoms with E-state index in [-0.39, 0.29) is 12.2 Å². The van der Waals surface area contributed by atoms with Crippen molar-refractivity contribution >= 4 is 28.7 Å². The Labute approximate surface area is 120 Å². The van der Waals surface area contributed by atoms with Gasteiger partial charge in [0.25, 0.3) is 5.91 Å². The SMILES string of the molecule is Cc1ccc2c(c1)NC(=O)[C@]2(O)CC(=O)c1cccs1. The first-order chi connectivity index (χ1) is 9.50. The van der Waals surface area contributed by atoms with Crippen LogP contribution >= 0.6 is 11.3 Å². The van der Waals surface area contributed by atoms with Crippen molar-refractivity contribution < 1.29 is 14.7 Å². The van der Waals surface area contributed by atoms with Crippen LogP contribution in [0.2, 0.25) is 0 Å². The van der Waals surface area contributed by atoms with Crippen LogP contribution in [0.15, 0.2) is 35.7 Å². The van der Waals surface area contributed by atoms with Crippen LogP contribution in [0.25, 0.3) is 0 Å². The first kappa shape index (κ1) is 13.0. The molecule has 3 rings (SSSR count). The van der Waals surface area contributed by atoms with Crippen molar-refractivity contribution in [2.75, 3.05) is 5.32 Å². The van der Waals surface area contributed by atoms with Crippen molar-refractivity contribution in [2.24, 2.45) is 0 Å². The van der Waals surface area contributed by atoms with E-state index in [1.807, 2.05) is 13.0 Å². The number of hydrogen-bond donors (Lipinski definition) is 2. The van der Waals surface area contributed by atoms with Crippen molar-refractivity contribution in [3.63, 3.8) is 0 Å². The fourth-order valence-corrected chi connectivity index (χ4v) is 3.07. The van der Waals surface area contributed by atoms with Crippen molar-refractivity contribution in [2.45, 2.75) is 18.9 Å². The number of anilines is 1. The van der Waals surface area contributed by atoms with Gasteiger partial charge in [0.05, 0.1) is 11.3 Å². The van der Waals surface area contributed by atoms with Gasteiger partial charge in [0, 0.05) is 11.3 Å². The van der Waals surface area contributed by atoms with Crippen LogP contribution in [0.5, 0.6) is 0 Å². The molecule has 0 fully saturated rings. The van der Waals surface area contributed by atoms with Crippen LogP contribution < -0.4 is 5.32 Å². The Morgan fingerprint density at radius 1 is 1.40 bits per heavy atom. The van der Waals surface area contributed by atoms with Crippen LogP contribution in [-0.2, 0) is 10.4 Å². The maximum Gasteiger partial charge on any atom is 0.261 e. The molecule has 0 radical (unpaired) electrons. The Balaban J connectivity index is 1.96. The van der Waals surface area contributed by atoms with E-state index >= 15 is 0 Å². The van der Waals surface area contributed by atoms with Crippen LogP contribution in [0, 0.1) is 6.92 Å². The molecule has 1 atom stereocenters. The number of amides is 1. The number of fused-ring (bicyclic) bond motifs is 1. The van der Waals surface area contributed by atoms with Gasteiger partial charge in [0.1, 0.15) is 0 Å². The van der Waals surface area contributed by atoms with Crippen LogP contribution in [0.4, 0.5) is 5.69 Å². The summed E-state index contributed by atoms with van der Waals surface area (Å²) in [5.41, 5.74) is 0.261. The Hall–Kier alpha value is -1.98. The van der Waals surface area contributed by atoms with Gasteiger partial charge in [0.15, 0.2) is 11.4 Å². The number of hydrogen-bond acceptors (Lipinski definition) is 4. The third kappa shape index (κ3) is 1.95. The van der Waals surface area contributed by atoms with E-state index in [9.17, 15) is 14.7 Å². The van der Waals surface area contributed by atoms with Crippen LogP contribution in [0.3, 0.4) is 0 Å². The second-order valence-corrected chi connectivity index (χ2v) is 5.89. The quantitative estimate of drug-likeness (QED) is 0.852. The van der Waals surface area contributed by atoms with E-state index in [1.54, 1.807) is 29.6 Å². The summed E-state index contributed by atoms with van der Waals surface area (Å²) in [7, 11) is 0. The smallest absolute Gasteiger partial charge is 0.261 e. The summed E-state index contributed by atoms with van der Waals surface area (Å²) in [4.78, 5) is 24.8. The average molecular weight is 287 g/mol. The maximum absolute atomic E-state index is 12.2. The molecule has 0 aliphatic carbocycles. The Bertz CT molecular complexity index is 693. The number of thiophene rings is 1. The minimum atomic E-state index is -1.77. The van der Waals surface area contributed by atoms with Gasteiger partial charge in [-0.3, -0.25) is 9.59 Å². The molecule has 20 heavy (non-hydrogen) atoms. The number of ketones is 1. The summed E-state index contributed by atoms with van der Waals surface area (Å²) >= 11 is 1.31. The van der Waals surface area contributed by atoms with E-state index in [0.29, 0.717) is 16.1 Å². The minimum absolute atomic E-state index is 0.230. The molecule has 1 aromatic heterocycles. The van der Waals surface area contributed by atoms with Crippen LogP contribution in [-0.4, -0.2) is 16.8 Å². The molecule has 0 unspecified atom stereocenters. The molecule has 5 heteroatoms. The number of rotatable bonds is 3. The monoisotopic (exact) mass is 287 g/mol. The summed E-state index contributed by atoms with van der Waals surface area (Å²) < 4.78 is 0. The molecule has 0 spiro atoms. The van der Waals surface area contributed by atoms with E-state index in [2.05, 4.69) is 5.32 Å². The van der Waals surface area contributed by atoms with Gasteiger partial charge >= 0.3 is 0 Å². The third-order valence-electron chi connectivity index (χ3n) is 3.46. The molecule has 0 saturated carbocycles. The predicted octanol–water partition coefficient (Wildman–Crippen LogP) is 2.47. The molecule has 0 saturated heterocycles. The first-order valence-electron chi connectivity index (χ1n) is 6.22. The number of carbonyl (C=O) groups is 2. The van der Waals surface area contributed by atoms with Crippen molar-refractivity contribution in [3.8, 4) is 0 Å². The lowest BCUT2D eigenvalue weighted by Crippen LogP contribution is -2.36. The summed E-state index contributed by atoms with van der Waals surface area (Å²) in [5.74, 6) is -0.769.